The molecule has 1 atom stereocenters. The van der Waals surface area contributed by atoms with E-state index >= 15 is 0 Å². The number of benzene rings is 1. The zero-order chi connectivity index (χ0) is 15.5. The zero-order valence-electron chi connectivity index (χ0n) is 12.2. The number of nitrogen functional groups attached to an aromatic ring is 1. The largest absolute Gasteiger partial charge is 0.469 e. The molecule has 21 heavy (non-hydrogen) atoms. The van der Waals surface area contributed by atoms with Crippen molar-refractivity contribution < 1.29 is 12.8 Å². The lowest BCUT2D eigenvalue weighted by Gasteiger charge is -2.15. The van der Waals surface area contributed by atoms with Gasteiger partial charge in [-0.25, -0.2) is 13.1 Å². The van der Waals surface area contributed by atoms with Crippen molar-refractivity contribution in [3.8, 4) is 0 Å². The van der Waals surface area contributed by atoms with Crippen molar-refractivity contribution in [1.29, 1.82) is 0 Å². The number of nitrogens with one attached hydrogen (secondary N) is 1. The van der Waals surface area contributed by atoms with Gasteiger partial charge in [-0.05, 0) is 43.2 Å². The number of rotatable bonds is 6. The van der Waals surface area contributed by atoms with Gasteiger partial charge in [0.2, 0.25) is 10.0 Å². The Hall–Kier alpha value is -1.79. The average molecular weight is 308 g/mol. The molecule has 1 aromatic carbocycles. The standard InChI is InChI=1S/C15H20N2O3S/c1-3-12-6-7-13(16)10-15(12)21(18,19)17-11(2)9-14-5-4-8-20-14/h4-8,10-11,17H,3,9,16H2,1-2H3. The second-order valence-electron chi connectivity index (χ2n) is 5.03. The Morgan fingerprint density at radius 3 is 2.71 bits per heavy atom. The third-order valence-corrected chi connectivity index (χ3v) is 4.88. The van der Waals surface area contributed by atoms with Crippen LogP contribution in [0.5, 0.6) is 0 Å². The molecule has 0 aliphatic carbocycles. The molecule has 0 aliphatic rings. The maximum absolute atomic E-state index is 12.5. The third-order valence-electron chi connectivity index (χ3n) is 3.21. The molecule has 5 nitrogen and oxygen atoms in total. The molecule has 2 rings (SSSR count). The summed E-state index contributed by atoms with van der Waals surface area (Å²) in [6.45, 7) is 3.72. The molecule has 2 aromatic rings. The van der Waals surface area contributed by atoms with Gasteiger partial charge in [-0.2, -0.15) is 0 Å². The summed E-state index contributed by atoms with van der Waals surface area (Å²) < 4.78 is 32.9. The topological polar surface area (TPSA) is 85.3 Å². The third kappa shape index (κ3) is 3.86. The Balaban J connectivity index is 2.20. The lowest BCUT2D eigenvalue weighted by atomic mass is 10.1. The maximum Gasteiger partial charge on any atom is 0.241 e. The molecular weight excluding hydrogens is 288 g/mol. The second-order valence-corrected chi connectivity index (χ2v) is 6.71. The fraction of sp³-hybridized carbons (Fsp3) is 0.333. The van der Waals surface area contributed by atoms with Crippen molar-refractivity contribution >= 4 is 15.7 Å². The number of nitrogens with two attached hydrogens (primary N) is 1. The first-order valence-corrected chi connectivity index (χ1v) is 8.34. The summed E-state index contributed by atoms with van der Waals surface area (Å²) in [4.78, 5) is 0.247. The molecular formula is C15H20N2O3S. The van der Waals surface area contributed by atoms with Crippen LogP contribution in [0.2, 0.25) is 0 Å². The first-order valence-electron chi connectivity index (χ1n) is 6.85. The summed E-state index contributed by atoms with van der Waals surface area (Å²) >= 11 is 0. The number of aryl methyl sites for hydroxylation is 1. The Morgan fingerprint density at radius 2 is 2.10 bits per heavy atom. The Morgan fingerprint density at radius 1 is 1.33 bits per heavy atom. The SMILES string of the molecule is CCc1ccc(N)cc1S(=O)(=O)NC(C)Cc1ccco1. The first kappa shape index (κ1) is 15.6. The molecule has 0 radical (unpaired) electrons. The van der Waals surface area contributed by atoms with Gasteiger partial charge in [0, 0.05) is 18.2 Å². The van der Waals surface area contributed by atoms with Gasteiger partial charge in [0.25, 0.3) is 0 Å². The minimum absolute atomic E-state index is 0.247. The van der Waals surface area contributed by atoms with Gasteiger partial charge in [0.1, 0.15) is 5.76 Å². The lowest BCUT2D eigenvalue weighted by Crippen LogP contribution is -2.34. The number of hydrogen-bond acceptors (Lipinski definition) is 4. The summed E-state index contributed by atoms with van der Waals surface area (Å²) in [5.74, 6) is 0.744. The second kappa shape index (κ2) is 6.32. The lowest BCUT2D eigenvalue weighted by molar-refractivity contribution is 0.479. The minimum Gasteiger partial charge on any atom is -0.469 e. The molecule has 0 amide bonds. The minimum atomic E-state index is -3.60. The van der Waals surface area contributed by atoms with Crippen LogP contribution in [-0.4, -0.2) is 14.5 Å². The van der Waals surface area contributed by atoms with E-state index in [1.165, 1.54) is 6.07 Å². The van der Waals surface area contributed by atoms with E-state index in [4.69, 9.17) is 10.2 Å². The van der Waals surface area contributed by atoms with Gasteiger partial charge >= 0.3 is 0 Å². The van der Waals surface area contributed by atoms with Crippen LogP contribution >= 0.6 is 0 Å². The van der Waals surface area contributed by atoms with Crippen molar-refractivity contribution in [2.24, 2.45) is 0 Å². The fourth-order valence-electron chi connectivity index (χ4n) is 2.21. The highest BCUT2D eigenvalue weighted by molar-refractivity contribution is 7.89. The number of sulfonamides is 1. The van der Waals surface area contributed by atoms with E-state index < -0.39 is 10.0 Å². The molecule has 114 valence electrons. The summed E-state index contributed by atoms with van der Waals surface area (Å²) in [6.07, 6.45) is 2.70. The normalized spacial score (nSPS) is 13.2. The van der Waals surface area contributed by atoms with Gasteiger partial charge in [-0.15, -0.1) is 0 Å². The van der Waals surface area contributed by atoms with Crippen LogP contribution < -0.4 is 10.5 Å². The predicted octanol–water partition coefficient (Wildman–Crippen LogP) is 2.33. The Labute approximate surface area is 125 Å². The van der Waals surface area contributed by atoms with Gasteiger partial charge in [0.15, 0.2) is 0 Å². The molecule has 0 bridgehead atoms. The van der Waals surface area contributed by atoms with Crippen molar-refractivity contribution in [3.05, 3.63) is 47.9 Å². The quantitative estimate of drug-likeness (QED) is 0.802. The van der Waals surface area contributed by atoms with Crippen LogP contribution in [0.4, 0.5) is 5.69 Å². The highest BCUT2D eigenvalue weighted by Crippen LogP contribution is 2.20. The summed E-state index contributed by atoms with van der Waals surface area (Å²) in [5.41, 5.74) is 6.90. The van der Waals surface area contributed by atoms with E-state index in [1.807, 2.05) is 13.0 Å². The van der Waals surface area contributed by atoms with E-state index in [1.54, 1.807) is 31.4 Å². The molecule has 1 unspecified atom stereocenters. The molecule has 6 heteroatoms. The molecule has 1 aromatic heterocycles. The van der Waals surface area contributed by atoms with Crippen molar-refractivity contribution in [2.45, 2.75) is 37.6 Å². The Kier molecular flexibility index (Phi) is 4.69. The van der Waals surface area contributed by atoms with Gasteiger partial charge in [-0.3, -0.25) is 0 Å². The average Bonchev–Trinajstić information content (AvgIpc) is 2.90. The fourth-order valence-corrected chi connectivity index (χ4v) is 3.80. The highest BCUT2D eigenvalue weighted by atomic mass is 32.2. The van der Waals surface area contributed by atoms with E-state index in [0.29, 0.717) is 18.5 Å². The van der Waals surface area contributed by atoms with E-state index in [-0.39, 0.29) is 10.9 Å². The van der Waals surface area contributed by atoms with Crippen LogP contribution in [0, 0.1) is 0 Å². The molecule has 0 saturated carbocycles. The Bertz CT molecular complexity index is 694. The number of hydrogen-bond donors (Lipinski definition) is 2. The molecule has 0 fully saturated rings. The molecule has 0 spiro atoms. The van der Waals surface area contributed by atoms with Crippen molar-refractivity contribution in [2.75, 3.05) is 5.73 Å². The summed E-state index contributed by atoms with van der Waals surface area (Å²) in [7, 11) is -3.60. The number of furan rings is 1. The number of anilines is 1. The van der Waals surface area contributed by atoms with Crippen LogP contribution in [0.15, 0.2) is 45.9 Å². The smallest absolute Gasteiger partial charge is 0.241 e. The summed E-state index contributed by atoms with van der Waals surface area (Å²) in [5, 5.41) is 0. The van der Waals surface area contributed by atoms with Gasteiger partial charge < -0.3 is 10.2 Å². The van der Waals surface area contributed by atoms with Gasteiger partial charge in [-0.1, -0.05) is 13.0 Å². The van der Waals surface area contributed by atoms with Crippen LogP contribution in [-0.2, 0) is 22.9 Å². The first-order chi connectivity index (χ1) is 9.92. The van der Waals surface area contributed by atoms with Gasteiger partial charge in [0.05, 0.1) is 11.2 Å². The van der Waals surface area contributed by atoms with E-state index in [9.17, 15) is 8.42 Å². The van der Waals surface area contributed by atoms with Crippen LogP contribution in [0.3, 0.4) is 0 Å². The molecule has 0 saturated heterocycles. The highest BCUT2D eigenvalue weighted by Gasteiger charge is 2.21. The molecule has 0 aliphatic heterocycles. The zero-order valence-corrected chi connectivity index (χ0v) is 13.0. The predicted molar refractivity (Wildman–Crippen MR) is 82.4 cm³/mol. The molecule has 1 heterocycles. The molecule has 3 N–H and O–H groups in total. The summed E-state index contributed by atoms with van der Waals surface area (Å²) in [6, 6.07) is 8.30. The van der Waals surface area contributed by atoms with E-state index in [0.717, 1.165) is 11.3 Å². The monoisotopic (exact) mass is 308 g/mol. The van der Waals surface area contributed by atoms with E-state index in [2.05, 4.69) is 4.72 Å². The van der Waals surface area contributed by atoms with Crippen LogP contribution in [0.1, 0.15) is 25.2 Å². The van der Waals surface area contributed by atoms with Crippen molar-refractivity contribution in [3.63, 3.8) is 0 Å². The van der Waals surface area contributed by atoms with Crippen molar-refractivity contribution in [1.82, 2.24) is 4.72 Å². The maximum atomic E-state index is 12.5. The van der Waals surface area contributed by atoms with Crippen LogP contribution in [0.25, 0.3) is 0 Å².